The molecule has 0 bridgehead atoms. The standard InChI is InChI=1S/C13H22FN/c1-10(2)11(14)7-12(3,4)8-13(5,6)9-15/h7-8H2,1-6H3. The molecule has 0 amide bonds. The Bertz CT molecular complexity index is 288. The number of hydrogen-bond acceptors (Lipinski definition) is 1. The average molecular weight is 211 g/mol. The van der Waals surface area contributed by atoms with Gasteiger partial charge in [-0.05, 0) is 45.1 Å². The fourth-order valence-electron chi connectivity index (χ4n) is 1.90. The van der Waals surface area contributed by atoms with Crippen molar-refractivity contribution in [1.29, 1.82) is 5.26 Å². The molecule has 2 heteroatoms. The summed E-state index contributed by atoms with van der Waals surface area (Å²) in [5.41, 5.74) is 0.185. The van der Waals surface area contributed by atoms with E-state index >= 15 is 0 Å². The Morgan fingerprint density at radius 1 is 1.20 bits per heavy atom. The molecule has 0 aromatic carbocycles. The first-order valence-corrected chi connectivity index (χ1v) is 5.33. The van der Waals surface area contributed by atoms with Crippen molar-refractivity contribution in [3.05, 3.63) is 11.4 Å². The molecule has 15 heavy (non-hydrogen) atoms. The molecule has 0 aliphatic heterocycles. The predicted molar refractivity (Wildman–Crippen MR) is 61.9 cm³/mol. The van der Waals surface area contributed by atoms with Crippen LogP contribution < -0.4 is 0 Å². The number of rotatable bonds is 4. The zero-order valence-corrected chi connectivity index (χ0v) is 10.7. The first-order chi connectivity index (χ1) is 6.59. The van der Waals surface area contributed by atoms with Gasteiger partial charge in [0, 0.05) is 6.42 Å². The topological polar surface area (TPSA) is 23.8 Å². The van der Waals surface area contributed by atoms with Crippen molar-refractivity contribution >= 4 is 0 Å². The minimum absolute atomic E-state index is 0.0475. The van der Waals surface area contributed by atoms with E-state index in [0.717, 1.165) is 5.57 Å². The summed E-state index contributed by atoms with van der Waals surface area (Å²) >= 11 is 0. The Morgan fingerprint density at radius 2 is 1.67 bits per heavy atom. The monoisotopic (exact) mass is 211 g/mol. The summed E-state index contributed by atoms with van der Waals surface area (Å²) in [5.74, 6) is -0.0475. The Hall–Kier alpha value is -0.840. The maximum absolute atomic E-state index is 13.5. The second-order valence-corrected chi connectivity index (χ2v) is 5.92. The van der Waals surface area contributed by atoms with Crippen LogP contribution in [0.5, 0.6) is 0 Å². The van der Waals surface area contributed by atoms with E-state index in [1.807, 2.05) is 27.7 Å². The number of halogens is 1. The second kappa shape index (κ2) is 4.79. The lowest BCUT2D eigenvalue weighted by Gasteiger charge is -2.30. The average Bonchev–Trinajstić information content (AvgIpc) is 2.01. The minimum atomic E-state index is -0.384. The molecule has 0 heterocycles. The zero-order valence-electron chi connectivity index (χ0n) is 10.7. The highest BCUT2D eigenvalue weighted by atomic mass is 19.1. The Balaban J connectivity index is 4.60. The van der Waals surface area contributed by atoms with Gasteiger partial charge in [0.15, 0.2) is 0 Å². The maximum atomic E-state index is 13.5. The molecule has 0 aromatic heterocycles. The van der Waals surface area contributed by atoms with Crippen LogP contribution in [0, 0.1) is 22.2 Å². The summed E-state index contributed by atoms with van der Waals surface area (Å²) in [6, 6.07) is 2.26. The van der Waals surface area contributed by atoms with Gasteiger partial charge in [0.05, 0.1) is 17.3 Å². The van der Waals surface area contributed by atoms with E-state index in [9.17, 15) is 4.39 Å². The number of hydrogen-bond donors (Lipinski definition) is 0. The lowest BCUT2D eigenvalue weighted by Crippen LogP contribution is -2.22. The van der Waals surface area contributed by atoms with Crippen LogP contribution in [0.25, 0.3) is 0 Å². The molecule has 0 unspecified atom stereocenters. The van der Waals surface area contributed by atoms with E-state index in [2.05, 4.69) is 6.07 Å². The van der Waals surface area contributed by atoms with Crippen LogP contribution in [0.2, 0.25) is 0 Å². The van der Waals surface area contributed by atoms with Gasteiger partial charge < -0.3 is 0 Å². The number of allylic oxidation sites excluding steroid dienone is 2. The molecule has 0 aliphatic carbocycles. The summed E-state index contributed by atoms with van der Waals surface area (Å²) in [6.07, 6.45) is 1.12. The molecule has 0 atom stereocenters. The molecule has 0 radical (unpaired) electrons. The van der Waals surface area contributed by atoms with Gasteiger partial charge in [0.2, 0.25) is 0 Å². The Kier molecular flexibility index (Phi) is 4.52. The summed E-state index contributed by atoms with van der Waals surface area (Å²) in [6.45, 7) is 11.4. The smallest absolute Gasteiger partial charge is 0.0991 e. The van der Waals surface area contributed by atoms with E-state index in [1.165, 1.54) is 0 Å². The van der Waals surface area contributed by atoms with Crippen LogP contribution in [0.1, 0.15) is 54.4 Å². The minimum Gasteiger partial charge on any atom is -0.212 e. The van der Waals surface area contributed by atoms with Crippen LogP contribution in [-0.2, 0) is 0 Å². The Labute approximate surface area is 93.0 Å². The third-order valence-corrected chi connectivity index (χ3v) is 2.40. The molecule has 0 aromatic rings. The third kappa shape index (κ3) is 5.57. The molecular formula is C13H22FN. The first kappa shape index (κ1) is 14.2. The Morgan fingerprint density at radius 3 is 2.00 bits per heavy atom. The molecule has 0 fully saturated rings. The van der Waals surface area contributed by atoms with E-state index in [0.29, 0.717) is 12.8 Å². The highest BCUT2D eigenvalue weighted by molar-refractivity contribution is 5.05. The van der Waals surface area contributed by atoms with Crippen molar-refractivity contribution in [1.82, 2.24) is 0 Å². The molecule has 0 saturated heterocycles. The molecule has 0 spiro atoms. The number of nitrogens with zero attached hydrogens (tertiary/aromatic N) is 1. The first-order valence-electron chi connectivity index (χ1n) is 5.33. The molecule has 86 valence electrons. The normalized spacial score (nSPS) is 12.1. The van der Waals surface area contributed by atoms with Gasteiger partial charge in [-0.3, -0.25) is 0 Å². The van der Waals surface area contributed by atoms with Crippen LogP contribution in [-0.4, -0.2) is 0 Å². The van der Waals surface area contributed by atoms with Gasteiger partial charge >= 0.3 is 0 Å². The zero-order chi connectivity index (χ0) is 12.3. The van der Waals surface area contributed by atoms with Crippen molar-refractivity contribution in [3.8, 4) is 6.07 Å². The molecule has 0 saturated carbocycles. The van der Waals surface area contributed by atoms with E-state index in [1.54, 1.807) is 13.8 Å². The van der Waals surface area contributed by atoms with Crippen molar-refractivity contribution in [2.24, 2.45) is 10.8 Å². The van der Waals surface area contributed by atoms with Crippen LogP contribution in [0.4, 0.5) is 4.39 Å². The fraction of sp³-hybridized carbons (Fsp3) is 0.769. The highest BCUT2D eigenvalue weighted by Crippen LogP contribution is 2.38. The SMILES string of the molecule is CC(C)=C(F)CC(C)(C)CC(C)(C)C#N. The summed E-state index contributed by atoms with van der Waals surface area (Å²) in [5, 5.41) is 8.94. The van der Waals surface area contributed by atoms with E-state index < -0.39 is 0 Å². The van der Waals surface area contributed by atoms with Crippen LogP contribution in [0.3, 0.4) is 0 Å². The van der Waals surface area contributed by atoms with Gasteiger partial charge in [0.1, 0.15) is 0 Å². The third-order valence-electron chi connectivity index (χ3n) is 2.40. The second-order valence-electron chi connectivity index (χ2n) is 5.92. The summed E-state index contributed by atoms with van der Waals surface area (Å²) < 4.78 is 13.5. The van der Waals surface area contributed by atoms with Gasteiger partial charge in [-0.1, -0.05) is 13.8 Å². The van der Waals surface area contributed by atoms with Gasteiger partial charge in [0.25, 0.3) is 0 Å². The number of nitriles is 1. The van der Waals surface area contributed by atoms with Crippen molar-refractivity contribution in [2.75, 3.05) is 0 Å². The highest BCUT2D eigenvalue weighted by Gasteiger charge is 2.29. The summed E-state index contributed by atoms with van der Waals surface area (Å²) in [4.78, 5) is 0. The molecule has 0 N–H and O–H groups in total. The lowest BCUT2D eigenvalue weighted by atomic mass is 9.74. The largest absolute Gasteiger partial charge is 0.212 e. The van der Waals surface area contributed by atoms with Crippen LogP contribution >= 0.6 is 0 Å². The van der Waals surface area contributed by atoms with Crippen molar-refractivity contribution < 1.29 is 4.39 Å². The molecule has 0 rings (SSSR count). The van der Waals surface area contributed by atoms with Crippen LogP contribution in [0.15, 0.2) is 11.4 Å². The van der Waals surface area contributed by atoms with Crippen molar-refractivity contribution in [3.63, 3.8) is 0 Å². The maximum Gasteiger partial charge on any atom is 0.0991 e. The lowest BCUT2D eigenvalue weighted by molar-refractivity contribution is 0.228. The summed E-state index contributed by atoms with van der Waals surface area (Å²) in [7, 11) is 0. The van der Waals surface area contributed by atoms with Gasteiger partial charge in [-0.2, -0.15) is 5.26 Å². The van der Waals surface area contributed by atoms with Crippen molar-refractivity contribution in [2.45, 2.75) is 54.4 Å². The van der Waals surface area contributed by atoms with Gasteiger partial charge in [-0.25, -0.2) is 4.39 Å². The molecular weight excluding hydrogens is 189 g/mol. The fourth-order valence-corrected chi connectivity index (χ4v) is 1.90. The van der Waals surface area contributed by atoms with E-state index in [-0.39, 0.29) is 16.7 Å². The van der Waals surface area contributed by atoms with Gasteiger partial charge in [-0.15, -0.1) is 0 Å². The van der Waals surface area contributed by atoms with E-state index in [4.69, 9.17) is 5.26 Å². The molecule has 0 aliphatic rings. The molecule has 1 nitrogen and oxygen atoms in total. The predicted octanol–water partition coefficient (Wildman–Crippen LogP) is 4.61. The quantitative estimate of drug-likeness (QED) is 0.666.